The van der Waals surface area contributed by atoms with E-state index in [4.69, 9.17) is 0 Å². The van der Waals surface area contributed by atoms with Crippen molar-refractivity contribution in [2.75, 3.05) is 0 Å². The number of hydrogen-bond acceptors (Lipinski definition) is 1. The number of nitrogens with one attached hydrogen (secondary N) is 1. The average molecular weight is 161 g/mol. The molecule has 0 atom stereocenters. The van der Waals surface area contributed by atoms with Crippen LogP contribution in [0.2, 0.25) is 0 Å². The van der Waals surface area contributed by atoms with Crippen molar-refractivity contribution in [1.82, 2.24) is 5.32 Å². The minimum absolute atomic E-state index is 0.505. The first-order chi connectivity index (χ1) is 5.79. The number of rotatable bonds is 3. The van der Waals surface area contributed by atoms with Gasteiger partial charge in [-0.3, -0.25) is 0 Å². The molecule has 0 saturated heterocycles. The lowest BCUT2D eigenvalue weighted by molar-refractivity contribution is 0.705. The maximum atomic E-state index is 3.21. The van der Waals surface area contributed by atoms with Gasteiger partial charge in [0.2, 0.25) is 0 Å². The first kappa shape index (κ1) is 8.85. The van der Waals surface area contributed by atoms with Gasteiger partial charge in [-0.1, -0.05) is 30.3 Å². The Morgan fingerprint density at radius 2 is 1.83 bits per heavy atom. The van der Waals surface area contributed by atoms with Crippen LogP contribution in [0.15, 0.2) is 36.5 Å². The van der Waals surface area contributed by atoms with E-state index in [1.54, 1.807) is 0 Å². The summed E-state index contributed by atoms with van der Waals surface area (Å²) in [5.74, 6) is 0. The quantitative estimate of drug-likeness (QED) is 0.718. The zero-order valence-electron chi connectivity index (χ0n) is 7.62. The van der Waals surface area contributed by atoms with Crippen LogP contribution >= 0.6 is 0 Å². The predicted octanol–water partition coefficient (Wildman–Crippen LogP) is 2.66. The SMILES string of the molecule is CC(C)NC=Cc1ccccc1. The van der Waals surface area contributed by atoms with Crippen LogP contribution in [0.3, 0.4) is 0 Å². The second kappa shape index (κ2) is 4.60. The predicted molar refractivity (Wildman–Crippen MR) is 53.7 cm³/mol. The summed E-state index contributed by atoms with van der Waals surface area (Å²) >= 11 is 0. The van der Waals surface area contributed by atoms with Crippen LogP contribution in [-0.2, 0) is 0 Å². The highest BCUT2D eigenvalue weighted by atomic mass is 14.9. The summed E-state index contributed by atoms with van der Waals surface area (Å²) in [6.07, 6.45) is 4.06. The topological polar surface area (TPSA) is 12.0 Å². The van der Waals surface area contributed by atoms with Crippen LogP contribution in [0.5, 0.6) is 0 Å². The van der Waals surface area contributed by atoms with Crippen molar-refractivity contribution >= 4 is 6.08 Å². The van der Waals surface area contributed by atoms with Gasteiger partial charge in [0.15, 0.2) is 0 Å². The van der Waals surface area contributed by atoms with E-state index in [1.807, 2.05) is 24.4 Å². The molecule has 0 fully saturated rings. The fourth-order valence-electron chi connectivity index (χ4n) is 0.901. The highest BCUT2D eigenvalue weighted by Gasteiger charge is 1.84. The second-order valence-electron chi connectivity index (χ2n) is 3.07. The molecule has 0 aliphatic carbocycles. The number of hydrogen-bond donors (Lipinski definition) is 1. The van der Waals surface area contributed by atoms with Gasteiger partial charge in [0.25, 0.3) is 0 Å². The molecule has 0 bridgehead atoms. The molecule has 0 aromatic heterocycles. The molecule has 0 heterocycles. The Bertz CT molecular complexity index is 236. The molecule has 1 rings (SSSR count). The van der Waals surface area contributed by atoms with Gasteiger partial charge in [-0.15, -0.1) is 0 Å². The summed E-state index contributed by atoms with van der Waals surface area (Å²) in [6, 6.07) is 10.8. The third kappa shape index (κ3) is 3.24. The molecule has 1 N–H and O–H groups in total. The molecule has 0 amide bonds. The average Bonchev–Trinajstić information content (AvgIpc) is 2.05. The molecule has 0 radical (unpaired) electrons. The van der Waals surface area contributed by atoms with Crippen molar-refractivity contribution in [1.29, 1.82) is 0 Å². The van der Waals surface area contributed by atoms with Gasteiger partial charge in [-0.05, 0) is 31.7 Å². The van der Waals surface area contributed by atoms with Crippen LogP contribution in [0, 0.1) is 0 Å². The van der Waals surface area contributed by atoms with Crippen LogP contribution < -0.4 is 5.32 Å². The molecule has 12 heavy (non-hydrogen) atoms. The van der Waals surface area contributed by atoms with Gasteiger partial charge in [-0.25, -0.2) is 0 Å². The lowest BCUT2D eigenvalue weighted by Crippen LogP contribution is -2.14. The van der Waals surface area contributed by atoms with Crippen LogP contribution in [0.1, 0.15) is 19.4 Å². The summed E-state index contributed by atoms with van der Waals surface area (Å²) in [5, 5.41) is 3.21. The van der Waals surface area contributed by atoms with E-state index in [1.165, 1.54) is 5.56 Å². The van der Waals surface area contributed by atoms with E-state index in [0.29, 0.717) is 6.04 Å². The molecule has 1 nitrogen and oxygen atoms in total. The minimum Gasteiger partial charge on any atom is -0.389 e. The van der Waals surface area contributed by atoms with Crippen molar-refractivity contribution < 1.29 is 0 Å². The van der Waals surface area contributed by atoms with E-state index in [-0.39, 0.29) is 0 Å². The van der Waals surface area contributed by atoms with Crippen LogP contribution in [-0.4, -0.2) is 6.04 Å². The van der Waals surface area contributed by atoms with E-state index in [0.717, 1.165) is 0 Å². The van der Waals surface area contributed by atoms with Crippen molar-refractivity contribution in [2.24, 2.45) is 0 Å². The van der Waals surface area contributed by atoms with Gasteiger partial charge in [-0.2, -0.15) is 0 Å². The Kier molecular flexibility index (Phi) is 3.39. The molecule has 0 spiro atoms. The van der Waals surface area contributed by atoms with Crippen LogP contribution in [0.25, 0.3) is 6.08 Å². The zero-order chi connectivity index (χ0) is 8.81. The smallest absolute Gasteiger partial charge is 0.0199 e. The van der Waals surface area contributed by atoms with E-state index in [9.17, 15) is 0 Å². The Morgan fingerprint density at radius 3 is 2.42 bits per heavy atom. The molecule has 0 aliphatic rings. The molecular weight excluding hydrogens is 146 g/mol. The Hall–Kier alpha value is -1.24. The van der Waals surface area contributed by atoms with Gasteiger partial charge < -0.3 is 5.32 Å². The Balaban J connectivity index is 2.47. The summed E-state index contributed by atoms with van der Waals surface area (Å²) in [5.41, 5.74) is 1.23. The fourth-order valence-corrected chi connectivity index (χ4v) is 0.901. The highest BCUT2D eigenvalue weighted by molar-refractivity contribution is 5.48. The van der Waals surface area contributed by atoms with Gasteiger partial charge in [0.1, 0.15) is 0 Å². The van der Waals surface area contributed by atoms with Gasteiger partial charge in [0, 0.05) is 6.04 Å². The lowest BCUT2D eigenvalue weighted by atomic mass is 10.2. The molecule has 1 heteroatoms. The standard InChI is InChI=1S/C11H15N/c1-10(2)12-9-8-11-6-4-3-5-7-11/h3-10,12H,1-2H3. The fraction of sp³-hybridized carbons (Fsp3) is 0.273. The first-order valence-electron chi connectivity index (χ1n) is 4.26. The minimum atomic E-state index is 0.505. The van der Waals surface area contributed by atoms with Crippen LogP contribution in [0.4, 0.5) is 0 Å². The molecule has 1 aromatic rings. The first-order valence-corrected chi connectivity index (χ1v) is 4.26. The summed E-state index contributed by atoms with van der Waals surface area (Å²) in [4.78, 5) is 0. The van der Waals surface area contributed by atoms with Crippen molar-refractivity contribution in [3.8, 4) is 0 Å². The van der Waals surface area contributed by atoms with Crippen molar-refractivity contribution in [2.45, 2.75) is 19.9 Å². The maximum absolute atomic E-state index is 3.21. The summed E-state index contributed by atoms with van der Waals surface area (Å²) in [6.45, 7) is 4.24. The van der Waals surface area contributed by atoms with Gasteiger partial charge in [0.05, 0.1) is 0 Å². The zero-order valence-corrected chi connectivity index (χ0v) is 7.62. The summed E-state index contributed by atoms with van der Waals surface area (Å²) < 4.78 is 0. The van der Waals surface area contributed by atoms with Crippen molar-refractivity contribution in [3.63, 3.8) is 0 Å². The maximum Gasteiger partial charge on any atom is 0.0199 e. The van der Waals surface area contributed by atoms with Crippen molar-refractivity contribution in [3.05, 3.63) is 42.1 Å². The largest absolute Gasteiger partial charge is 0.389 e. The van der Waals surface area contributed by atoms with E-state index >= 15 is 0 Å². The van der Waals surface area contributed by atoms with E-state index < -0.39 is 0 Å². The third-order valence-electron chi connectivity index (χ3n) is 1.50. The molecule has 0 unspecified atom stereocenters. The Labute approximate surface area is 74.1 Å². The third-order valence-corrected chi connectivity index (χ3v) is 1.50. The molecule has 0 aliphatic heterocycles. The molecule has 1 aromatic carbocycles. The normalized spacial score (nSPS) is 10.9. The highest BCUT2D eigenvalue weighted by Crippen LogP contribution is 1.99. The summed E-state index contributed by atoms with van der Waals surface area (Å²) in [7, 11) is 0. The lowest BCUT2D eigenvalue weighted by Gasteiger charge is -2.02. The Morgan fingerprint density at radius 1 is 1.17 bits per heavy atom. The molecular formula is C11H15N. The monoisotopic (exact) mass is 161 g/mol. The van der Waals surface area contributed by atoms with Gasteiger partial charge >= 0.3 is 0 Å². The second-order valence-corrected chi connectivity index (χ2v) is 3.07. The molecule has 0 saturated carbocycles. The molecule has 64 valence electrons. The number of benzene rings is 1. The van der Waals surface area contributed by atoms with E-state index in [2.05, 4.69) is 37.4 Å².